The molecule has 3 rings (SSSR count). The highest BCUT2D eigenvalue weighted by Gasteiger charge is 2.16. The summed E-state index contributed by atoms with van der Waals surface area (Å²) in [5.41, 5.74) is 4.92. The highest BCUT2D eigenvalue weighted by molar-refractivity contribution is 6.31. The van der Waals surface area contributed by atoms with Crippen molar-refractivity contribution in [3.63, 3.8) is 0 Å². The molecule has 110 valence electrons. The predicted molar refractivity (Wildman–Crippen MR) is 87.3 cm³/mol. The van der Waals surface area contributed by atoms with E-state index in [1.165, 1.54) is 16.7 Å². The van der Waals surface area contributed by atoms with E-state index in [4.69, 9.17) is 16.3 Å². The van der Waals surface area contributed by atoms with Gasteiger partial charge in [-0.2, -0.15) is 0 Å². The first-order chi connectivity index (χ1) is 10.2. The van der Waals surface area contributed by atoms with Crippen molar-refractivity contribution in [1.82, 2.24) is 5.32 Å². The molecule has 1 unspecified atom stereocenters. The van der Waals surface area contributed by atoms with E-state index in [9.17, 15) is 0 Å². The molecule has 1 aliphatic heterocycles. The predicted octanol–water partition coefficient (Wildman–Crippen LogP) is 4.28. The van der Waals surface area contributed by atoms with Crippen molar-refractivity contribution in [2.45, 2.75) is 25.8 Å². The number of rotatable bonds is 3. The lowest BCUT2D eigenvalue weighted by molar-refractivity contribution is 0.288. The highest BCUT2D eigenvalue weighted by atomic mass is 35.5. The van der Waals surface area contributed by atoms with Gasteiger partial charge in [0.25, 0.3) is 0 Å². The molecule has 0 fully saturated rings. The van der Waals surface area contributed by atoms with Gasteiger partial charge in [0.2, 0.25) is 0 Å². The van der Waals surface area contributed by atoms with Crippen LogP contribution in [0.4, 0.5) is 0 Å². The average molecular weight is 302 g/mol. The van der Waals surface area contributed by atoms with Gasteiger partial charge in [-0.1, -0.05) is 35.9 Å². The average Bonchev–Trinajstić information content (AvgIpc) is 2.51. The van der Waals surface area contributed by atoms with Gasteiger partial charge in [-0.05, 0) is 61.2 Å². The topological polar surface area (TPSA) is 21.3 Å². The summed E-state index contributed by atoms with van der Waals surface area (Å²) >= 11 is 6.13. The second kappa shape index (κ2) is 6.08. The fraction of sp³-hybridized carbons (Fsp3) is 0.333. The summed E-state index contributed by atoms with van der Waals surface area (Å²) in [5, 5.41) is 4.22. The molecule has 0 saturated carbocycles. The molecule has 2 nitrogen and oxygen atoms in total. The quantitative estimate of drug-likeness (QED) is 0.913. The molecule has 0 amide bonds. The van der Waals surface area contributed by atoms with Crippen molar-refractivity contribution < 1.29 is 4.74 Å². The smallest absolute Gasteiger partial charge is 0.122 e. The van der Waals surface area contributed by atoms with Crippen LogP contribution in [0.3, 0.4) is 0 Å². The number of ether oxygens (including phenoxy) is 1. The minimum Gasteiger partial charge on any atom is -0.493 e. The highest BCUT2D eigenvalue weighted by Crippen LogP contribution is 2.31. The minimum atomic E-state index is 0.174. The molecule has 1 N–H and O–H groups in total. The molecule has 1 atom stereocenters. The van der Waals surface area contributed by atoms with E-state index >= 15 is 0 Å². The van der Waals surface area contributed by atoms with Crippen LogP contribution in [-0.4, -0.2) is 13.7 Å². The fourth-order valence-corrected chi connectivity index (χ4v) is 3.05. The van der Waals surface area contributed by atoms with Crippen LogP contribution in [0.5, 0.6) is 5.75 Å². The maximum Gasteiger partial charge on any atom is 0.122 e. The molecule has 0 radical (unpaired) electrons. The summed E-state index contributed by atoms with van der Waals surface area (Å²) in [6, 6.07) is 12.9. The van der Waals surface area contributed by atoms with Gasteiger partial charge in [0.15, 0.2) is 0 Å². The van der Waals surface area contributed by atoms with Crippen molar-refractivity contribution in [2.75, 3.05) is 13.7 Å². The van der Waals surface area contributed by atoms with Crippen molar-refractivity contribution >= 4 is 11.6 Å². The van der Waals surface area contributed by atoms with Crippen molar-refractivity contribution in [2.24, 2.45) is 0 Å². The number of fused-ring (bicyclic) bond motifs is 1. The number of benzene rings is 2. The Hall–Kier alpha value is -1.51. The van der Waals surface area contributed by atoms with Gasteiger partial charge in [0.05, 0.1) is 12.6 Å². The Morgan fingerprint density at radius 3 is 2.67 bits per heavy atom. The number of hydrogen-bond acceptors (Lipinski definition) is 2. The Morgan fingerprint density at radius 2 is 1.90 bits per heavy atom. The molecule has 2 aromatic rings. The van der Waals surface area contributed by atoms with Gasteiger partial charge in [-0.15, -0.1) is 0 Å². The lowest BCUT2D eigenvalue weighted by Gasteiger charge is -2.22. The van der Waals surface area contributed by atoms with Crippen LogP contribution >= 0.6 is 11.6 Å². The molecular weight excluding hydrogens is 282 g/mol. The molecule has 0 saturated heterocycles. The number of nitrogens with one attached hydrogen (secondary N) is 1. The number of halogens is 1. The SMILES string of the molecule is CNC(c1ccc(Cl)c(C)c1)c1ccc2c(c1)CCCO2. The van der Waals surface area contributed by atoms with Crippen LogP contribution in [-0.2, 0) is 6.42 Å². The lowest BCUT2D eigenvalue weighted by atomic mass is 9.94. The van der Waals surface area contributed by atoms with E-state index in [0.29, 0.717) is 0 Å². The minimum absolute atomic E-state index is 0.174. The van der Waals surface area contributed by atoms with Crippen LogP contribution in [0, 0.1) is 6.92 Å². The molecule has 0 bridgehead atoms. The van der Waals surface area contributed by atoms with E-state index in [1.807, 2.05) is 20.0 Å². The van der Waals surface area contributed by atoms with Gasteiger partial charge < -0.3 is 10.1 Å². The molecule has 3 heteroatoms. The first-order valence-corrected chi connectivity index (χ1v) is 7.76. The lowest BCUT2D eigenvalue weighted by Crippen LogP contribution is -2.18. The van der Waals surface area contributed by atoms with Gasteiger partial charge in [-0.25, -0.2) is 0 Å². The first-order valence-electron chi connectivity index (χ1n) is 7.38. The normalized spacial score (nSPS) is 15.2. The zero-order valence-corrected chi connectivity index (χ0v) is 13.2. The third-order valence-corrected chi connectivity index (χ3v) is 4.49. The summed E-state index contributed by atoms with van der Waals surface area (Å²) in [6.07, 6.45) is 2.19. The standard InChI is InChI=1S/C18H20ClNO/c1-12-10-14(5-7-16(12)19)18(20-2)15-6-8-17-13(11-15)4-3-9-21-17/h5-8,10-11,18,20H,3-4,9H2,1-2H3. The van der Waals surface area contributed by atoms with E-state index in [-0.39, 0.29) is 6.04 Å². The summed E-state index contributed by atoms with van der Waals surface area (Å²) < 4.78 is 5.69. The Balaban J connectivity index is 1.97. The van der Waals surface area contributed by atoms with E-state index in [1.54, 1.807) is 0 Å². The van der Waals surface area contributed by atoms with Gasteiger partial charge in [0.1, 0.15) is 5.75 Å². The molecule has 0 spiro atoms. The third kappa shape index (κ3) is 2.92. The molecule has 21 heavy (non-hydrogen) atoms. The number of hydrogen-bond donors (Lipinski definition) is 1. The van der Waals surface area contributed by atoms with Crippen molar-refractivity contribution in [1.29, 1.82) is 0 Å². The maximum atomic E-state index is 6.13. The van der Waals surface area contributed by atoms with Crippen molar-refractivity contribution in [3.8, 4) is 5.75 Å². The second-order valence-corrected chi connectivity index (χ2v) is 5.96. The zero-order chi connectivity index (χ0) is 14.8. The molecule has 1 heterocycles. The molecule has 2 aromatic carbocycles. The fourth-order valence-electron chi connectivity index (χ4n) is 2.93. The first kappa shape index (κ1) is 14.4. The van der Waals surface area contributed by atoms with Crippen LogP contribution in [0.1, 0.15) is 34.7 Å². The molecule has 1 aliphatic rings. The summed E-state index contributed by atoms with van der Waals surface area (Å²) in [4.78, 5) is 0. The Kier molecular flexibility index (Phi) is 4.18. The van der Waals surface area contributed by atoms with Crippen LogP contribution < -0.4 is 10.1 Å². The van der Waals surface area contributed by atoms with Crippen LogP contribution in [0.25, 0.3) is 0 Å². The van der Waals surface area contributed by atoms with E-state index in [2.05, 4.69) is 35.6 Å². The Morgan fingerprint density at radius 1 is 1.14 bits per heavy atom. The van der Waals surface area contributed by atoms with Gasteiger partial charge in [0, 0.05) is 5.02 Å². The molecule has 0 aliphatic carbocycles. The third-order valence-electron chi connectivity index (χ3n) is 4.07. The van der Waals surface area contributed by atoms with E-state index < -0.39 is 0 Å². The van der Waals surface area contributed by atoms with Gasteiger partial charge >= 0.3 is 0 Å². The van der Waals surface area contributed by atoms with Crippen LogP contribution in [0.2, 0.25) is 5.02 Å². The van der Waals surface area contributed by atoms with Gasteiger partial charge in [-0.3, -0.25) is 0 Å². The second-order valence-electron chi connectivity index (χ2n) is 5.55. The molecular formula is C18H20ClNO. The Labute approximate surface area is 131 Å². The Bertz CT molecular complexity index is 654. The monoisotopic (exact) mass is 301 g/mol. The summed E-state index contributed by atoms with van der Waals surface area (Å²) in [7, 11) is 1.99. The van der Waals surface area contributed by atoms with E-state index in [0.717, 1.165) is 35.8 Å². The molecule has 0 aromatic heterocycles. The summed E-state index contributed by atoms with van der Waals surface area (Å²) in [5.74, 6) is 1.03. The van der Waals surface area contributed by atoms with Crippen LogP contribution in [0.15, 0.2) is 36.4 Å². The van der Waals surface area contributed by atoms with Crippen molar-refractivity contribution in [3.05, 3.63) is 63.7 Å². The maximum absolute atomic E-state index is 6.13. The largest absolute Gasteiger partial charge is 0.493 e. The summed E-state index contributed by atoms with van der Waals surface area (Å²) in [6.45, 7) is 2.87. The zero-order valence-electron chi connectivity index (χ0n) is 12.4. The number of aryl methyl sites for hydroxylation is 2.